The van der Waals surface area contributed by atoms with Crippen molar-refractivity contribution >= 4 is 46.4 Å². The van der Waals surface area contributed by atoms with E-state index in [1.165, 1.54) is 20.3 Å². The van der Waals surface area contributed by atoms with Crippen LogP contribution in [0, 0.1) is 0 Å². The van der Waals surface area contributed by atoms with Crippen LogP contribution < -0.4 is 20.2 Å². The number of carbonyl (C=O) groups is 2. The third-order valence-corrected chi connectivity index (χ3v) is 4.13. The van der Waals surface area contributed by atoms with E-state index in [1.54, 1.807) is 37.3 Å². The average molecular weight is 424 g/mol. The number of rotatable bonds is 7. The second-order valence-corrected chi connectivity index (χ2v) is 6.58. The highest BCUT2D eigenvalue weighted by Gasteiger charge is 2.11. The zero-order valence-corrected chi connectivity index (χ0v) is 17.0. The molecule has 2 aromatic rings. The molecule has 0 heterocycles. The van der Waals surface area contributed by atoms with Crippen molar-refractivity contribution in [2.45, 2.75) is 13.3 Å². The molecule has 0 radical (unpaired) electrons. The van der Waals surface area contributed by atoms with Crippen LogP contribution in [-0.4, -0.2) is 31.7 Å². The summed E-state index contributed by atoms with van der Waals surface area (Å²) in [6, 6.07) is 9.51. The fourth-order valence-electron chi connectivity index (χ4n) is 2.21. The number of amides is 2. The summed E-state index contributed by atoms with van der Waals surface area (Å²) < 4.78 is 10.3. The van der Waals surface area contributed by atoms with Gasteiger partial charge in [-0.2, -0.15) is 5.10 Å². The number of ether oxygens (including phenoxy) is 2. The van der Waals surface area contributed by atoms with Gasteiger partial charge in [0.15, 0.2) is 0 Å². The van der Waals surface area contributed by atoms with E-state index in [0.29, 0.717) is 38.5 Å². The Morgan fingerprint density at radius 3 is 2.25 bits per heavy atom. The minimum absolute atomic E-state index is 0.0271. The number of nitrogens with one attached hydrogen (secondary N) is 2. The zero-order chi connectivity index (χ0) is 20.7. The Morgan fingerprint density at radius 1 is 1.04 bits per heavy atom. The largest absolute Gasteiger partial charge is 0.497 e. The van der Waals surface area contributed by atoms with Gasteiger partial charge in [-0.15, -0.1) is 0 Å². The summed E-state index contributed by atoms with van der Waals surface area (Å²) in [4.78, 5) is 24.4. The molecule has 2 rings (SSSR count). The number of nitrogens with zero attached hydrogens (tertiary/aromatic N) is 1. The maximum absolute atomic E-state index is 12.3. The Kier molecular flexibility index (Phi) is 7.66. The molecule has 0 bridgehead atoms. The maximum atomic E-state index is 12.3. The van der Waals surface area contributed by atoms with E-state index in [4.69, 9.17) is 32.7 Å². The van der Waals surface area contributed by atoms with Crippen molar-refractivity contribution < 1.29 is 19.1 Å². The van der Waals surface area contributed by atoms with Crippen molar-refractivity contribution in [3.05, 3.63) is 52.0 Å². The minimum Gasteiger partial charge on any atom is -0.497 e. The SMILES string of the molecule is COc1cc(OC)cc(C(=O)N/N=C(\C)CC(=O)Nc2ccc(Cl)cc2Cl)c1. The van der Waals surface area contributed by atoms with Crippen molar-refractivity contribution in [1.29, 1.82) is 0 Å². The molecule has 0 unspecified atom stereocenters. The highest BCUT2D eigenvalue weighted by Crippen LogP contribution is 2.25. The van der Waals surface area contributed by atoms with E-state index in [9.17, 15) is 9.59 Å². The molecule has 28 heavy (non-hydrogen) atoms. The van der Waals surface area contributed by atoms with Crippen LogP contribution in [0.3, 0.4) is 0 Å². The van der Waals surface area contributed by atoms with Gasteiger partial charge in [0, 0.05) is 22.4 Å². The zero-order valence-electron chi connectivity index (χ0n) is 15.5. The van der Waals surface area contributed by atoms with E-state index in [0.717, 1.165) is 0 Å². The van der Waals surface area contributed by atoms with Crippen molar-refractivity contribution in [2.24, 2.45) is 5.10 Å². The predicted octanol–water partition coefficient (Wildman–Crippen LogP) is 4.15. The van der Waals surface area contributed by atoms with Gasteiger partial charge >= 0.3 is 0 Å². The molecule has 2 amide bonds. The first-order chi connectivity index (χ1) is 13.3. The van der Waals surface area contributed by atoms with Crippen LogP contribution in [0.1, 0.15) is 23.7 Å². The Hall–Kier alpha value is -2.77. The van der Waals surface area contributed by atoms with Gasteiger partial charge < -0.3 is 14.8 Å². The van der Waals surface area contributed by atoms with E-state index in [2.05, 4.69) is 15.8 Å². The van der Waals surface area contributed by atoms with Crippen LogP contribution in [0.25, 0.3) is 0 Å². The van der Waals surface area contributed by atoms with Gasteiger partial charge in [-0.25, -0.2) is 5.43 Å². The Bertz CT molecular complexity index is 894. The number of carbonyl (C=O) groups excluding carboxylic acids is 2. The van der Waals surface area contributed by atoms with E-state index < -0.39 is 5.91 Å². The summed E-state index contributed by atoms with van der Waals surface area (Å²) >= 11 is 11.8. The first-order valence-corrected chi connectivity index (χ1v) is 8.89. The van der Waals surface area contributed by atoms with Gasteiger partial charge in [-0.05, 0) is 37.3 Å². The number of hydrogen-bond donors (Lipinski definition) is 2. The number of methoxy groups -OCH3 is 2. The van der Waals surface area contributed by atoms with Crippen LogP contribution >= 0.6 is 23.2 Å². The van der Waals surface area contributed by atoms with Crippen LogP contribution in [-0.2, 0) is 4.79 Å². The molecular weight excluding hydrogens is 405 g/mol. The monoisotopic (exact) mass is 423 g/mol. The normalized spacial score (nSPS) is 11.0. The molecule has 9 heteroatoms. The Morgan fingerprint density at radius 2 is 1.68 bits per heavy atom. The predicted molar refractivity (Wildman–Crippen MR) is 110 cm³/mol. The van der Waals surface area contributed by atoms with E-state index in [-0.39, 0.29) is 12.3 Å². The topological polar surface area (TPSA) is 89.0 Å². The number of anilines is 1. The lowest BCUT2D eigenvalue weighted by molar-refractivity contribution is -0.115. The summed E-state index contributed by atoms with van der Waals surface area (Å²) in [6.07, 6.45) is -0.0271. The summed E-state index contributed by atoms with van der Waals surface area (Å²) in [7, 11) is 2.98. The molecule has 0 spiro atoms. The van der Waals surface area contributed by atoms with Crippen LogP contribution in [0.15, 0.2) is 41.5 Å². The van der Waals surface area contributed by atoms with Gasteiger partial charge in [0.25, 0.3) is 5.91 Å². The van der Waals surface area contributed by atoms with Gasteiger partial charge in [-0.1, -0.05) is 23.2 Å². The lowest BCUT2D eigenvalue weighted by atomic mass is 10.2. The highest BCUT2D eigenvalue weighted by atomic mass is 35.5. The van der Waals surface area contributed by atoms with E-state index >= 15 is 0 Å². The van der Waals surface area contributed by atoms with Crippen molar-refractivity contribution in [1.82, 2.24) is 5.43 Å². The van der Waals surface area contributed by atoms with Crippen molar-refractivity contribution in [2.75, 3.05) is 19.5 Å². The molecule has 0 atom stereocenters. The molecule has 0 aliphatic carbocycles. The third-order valence-electron chi connectivity index (χ3n) is 3.58. The molecule has 7 nitrogen and oxygen atoms in total. The van der Waals surface area contributed by atoms with Crippen LogP contribution in [0.2, 0.25) is 10.0 Å². The maximum Gasteiger partial charge on any atom is 0.271 e. The van der Waals surface area contributed by atoms with Gasteiger partial charge in [0.05, 0.1) is 31.4 Å². The minimum atomic E-state index is -0.460. The number of halogens is 2. The number of hydrazone groups is 1. The van der Waals surface area contributed by atoms with Gasteiger partial charge in [0.1, 0.15) is 11.5 Å². The molecule has 0 aromatic heterocycles. The van der Waals surface area contributed by atoms with Crippen LogP contribution in [0.5, 0.6) is 11.5 Å². The summed E-state index contributed by atoms with van der Waals surface area (Å²) in [5.41, 5.74) is 3.56. The molecule has 0 saturated carbocycles. The van der Waals surface area contributed by atoms with Gasteiger partial charge in [0.2, 0.25) is 5.91 Å². The molecular formula is C19H19Cl2N3O4. The molecule has 0 aliphatic rings. The van der Waals surface area contributed by atoms with E-state index in [1.807, 2.05) is 0 Å². The van der Waals surface area contributed by atoms with Crippen molar-refractivity contribution in [3.63, 3.8) is 0 Å². The first kappa shape index (κ1) is 21.5. The molecule has 0 aliphatic heterocycles. The van der Waals surface area contributed by atoms with Gasteiger partial charge in [-0.3, -0.25) is 9.59 Å². The highest BCUT2D eigenvalue weighted by molar-refractivity contribution is 6.36. The second kappa shape index (κ2) is 9.96. The summed E-state index contributed by atoms with van der Waals surface area (Å²) in [6.45, 7) is 1.62. The molecule has 0 saturated heterocycles. The Balaban J connectivity index is 1.98. The lowest BCUT2D eigenvalue weighted by Gasteiger charge is -2.09. The molecule has 148 valence electrons. The summed E-state index contributed by atoms with van der Waals surface area (Å²) in [5.74, 6) is 0.161. The fraction of sp³-hybridized carbons (Fsp3) is 0.211. The van der Waals surface area contributed by atoms with Crippen molar-refractivity contribution in [3.8, 4) is 11.5 Å². The smallest absolute Gasteiger partial charge is 0.271 e. The molecule has 2 N–H and O–H groups in total. The molecule has 2 aromatic carbocycles. The first-order valence-electron chi connectivity index (χ1n) is 8.14. The third kappa shape index (κ3) is 6.14. The fourth-order valence-corrected chi connectivity index (χ4v) is 2.66. The summed E-state index contributed by atoms with van der Waals surface area (Å²) in [5, 5.41) is 7.41. The standard InChI is InChI=1S/C19H19Cl2N3O4/c1-11(6-18(25)22-17-5-4-13(20)9-16(17)21)23-24-19(26)12-7-14(27-2)10-15(8-12)28-3/h4-5,7-10H,6H2,1-3H3,(H,22,25)(H,24,26)/b23-11+. The number of benzene rings is 2. The second-order valence-electron chi connectivity index (χ2n) is 5.74. The molecule has 0 fully saturated rings. The Labute approximate surface area is 172 Å². The lowest BCUT2D eigenvalue weighted by Crippen LogP contribution is -2.21. The van der Waals surface area contributed by atoms with Crippen LogP contribution in [0.4, 0.5) is 5.69 Å². The number of hydrogen-bond acceptors (Lipinski definition) is 5. The quantitative estimate of drug-likeness (QED) is 0.517. The average Bonchev–Trinajstić information content (AvgIpc) is 2.67.